The van der Waals surface area contributed by atoms with Gasteiger partial charge in [0.25, 0.3) is 0 Å². The number of rotatable bonds is 5. The molecule has 0 radical (unpaired) electrons. The average Bonchev–Trinajstić information content (AvgIpc) is 2.27. The summed E-state index contributed by atoms with van der Waals surface area (Å²) in [6.07, 6.45) is 1.28. The molecule has 4 heteroatoms. The van der Waals surface area contributed by atoms with Crippen LogP contribution in [0, 0.1) is 5.82 Å². The van der Waals surface area contributed by atoms with E-state index in [1.807, 2.05) is 13.8 Å². The molecule has 0 saturated carbocycles. The van der Waals surface area contributed by atoms with Gasteiger partial charge in [-0.15, -0.1) is 0 Å². The molecule has 0 spiro atoms. The van der Waals surface area contributed by atoms with E-state index < -0.39 is 5.41 Å². The van der Waals surface area contributed by atoms with Crippen molar-refractivity contribution >= 4 is 11.6 Å². The van der Waals surface area contributed by atoms with Crippen LogP contribution < -0.4 is 5.73 Å². The molecule has 0 aliphatic heterocycles. The van der Waals surface area contributed by atoms with Crippen molar-refractivity contribution in [1.29, 1.82) is 0 Å². The van der Waals surface area contributed by atoms with Crippen LogP contribution in [0.5, 0.6) is 0 Å². The summed E-state index contributed by atoms with van der Waals surface area (Å²) in [6.45, 7) is 3.96. The second kappa shape index (κ2) is 5.80. The highest BCUT2D eigenvalue weighted by atomic mass is 35.5. The fourth-order valence-electron chi connectivity index (χ4n) is 2.16. The first-order valence-corrected chi connectivity index (χ1v) is 6.15. The molecule has 0 aromatic heterocycles. The zero-order valence-electron chi connectivity index (χ0n) is 10.2. The van der Waals surface area contributed by atoms with E-state index in [-0.39, 0.29) is 18.5 Å². The van der Waals surface area contributed by atoms with Gasteiger partial charge in [-0.25, -0.2) is 4.39 Å². The maximum atomic E-state index is 13.0. The van der Waals surface area contributed by atoms with Gasteiger partial charge >= 0.3 is 0 Å². The van der Waals surface area contributed by atoms with Crippen molar-refractivity contribution in [3.05, 3.63) is 34.6 Å². The van der Waals surface area contributed by atoms with Gasteiger partial charge in [0.15, 0.2) is 0 Å². The maximum Gasteiger partial charge on any atom is 0.124 e. The number of aliphatic hydroxyl groups excluding tert-OH is 1. The first kappa shape index (κ1) is 14.4. The van der Waals surface area contributed by atoms with E-state index in [9.17, 15) is 9.50 Å². The number of halogens is 2. The summed E-state index contributed by atoms with van der Waals surface area (Å²) in [6, 6.07) is 4.19. The first-order chi connectivity index (χ1) is 7.95. The van der Waals surface area contributed by atoms with Gasteiger partial charge in [0.2, 0.25) is 0 Å². The highest BCUT2D eigenvalue weighted by Crippen LogP contribution is 2.36. The Balaban J connectivity index is 3.21. The van der Waals surface area contributed by atoms with Crippen molar-refractivity contribution in [2.75, 3.05) is 6.61 Å². The molecule has 0 bridgehead atoms. The van der Waals surface area contributed by atoms with E-state index in [1.165, 1.54) is 12.1 Å². The van der Waals surface area contributed by atoms with Crippen LogP contribution in [0.25, 0.3) is 0 Å². The predicted molar refractivity (Wildman–Crippen MR) is 68.7 cm³/mol. The fraction of sp³-hybridized carbons (Fsp3) is 0.538. The zero-order chi connectivity index (χ0) is 13.1. The summed E-state index contributed by atoms with van der Waals surface area (Å²) in [5.74, 6) is -0.366. The largest absolute Gasteiger partial charge is 0.396 e. The average molecular weight is 260 g/mol. The van der Waals surface area contributed by atoms with Gasteiger partial charge in [-0.2, -0.15) is 0 Å². The predicted octanol–water partition coefficient (Wildman–Crippen LogP) is 2.86. The molecular formula is C13H19ClFNO. The molecule has 2 unspecified atom stereocenters. The van der Waals surface area contributed by atoms with E-state index in [0.29, 0.717) is 11.4 Å². The molecule has 1 aromatic rings. The lowest BCUT2D eigenvalue weighted by atomic mass is 9.73. The van der Waals surface area contributed by atoms with E-state index >= 15 is 0 Å². The van der Waals surface area contributed by atoms with E-state index in [1.54, 1.807) is 6.07 Å². The van der Waals surface area contributed by atoms with Crippen LogP contribution in [0.4, 0.5) is 4.39 Å². The second-order valence-corrected chi connectivity index (χ2v) is 4.94. The molecule has 0 amide bonds. The lowest BCUT2D eigenvalue weighted by Gasteiger charge is -2.36. The zero-order valence-corrected chi connectivity index (χ0v) is 11.0. The van der Waals surface area contributed by atoms with Crippen molar-refractivity contribution in [3.8, 4) is 0 Å². The van der Waals surface area contributed by atoms with Crippen molar-refractivity contribution in [2.45, 2.75) is 38.1 Å². The molecule has 0 saturated heterocycles. The van der Waals surface area contributed by atoms with Crippen molar-refractivity contribution in [2.24, 2.45) is 5.73 Å². The number of aliphatic hydroxyl groups is 1. The number of nitrogens with two attached hydrogens (primary N) is 1. The third-order valence-corrected chi connectivity index (χ3v) is 3.75. The Hall–Kier alpha value is -0.640. The minimum atomic E-state index is -0.436. The van der Waals surface area contributed by atoms with Crippen LogP contribution in [0.3, 0.4) is 0 Å². The van der Waals surface area contributed by atoms with Gasteiger partial charge < -0.3 is 10.8 Å². The SMILES string of the molecule is CCC(N)C(C)(CCO)c1ccc(F)cc1Cl. The summed E-state index contributed by atoms with van der Waals surface area (Å²) in [5, 5.41) is 9.55. The molecule has 1 aromatic carbocycles. The van der Waals surface area contributed by atoms with Gasteiger partial charge in [0, 0.05) is 23.1 Å². The monoisotopic (exact) mass is 259 g/mol. The van der Waals surface area contributed by atoms with Crippen molar-refractivity contribution in [3.63, 3.8) is 0 Å². The number of hydrogen-bond acceptors (Lipinski definition) is 2. The Bertz CT molecular complexity index is 386. The Morgan fingerprint density at radius 3 is 2.65 bits per heavy atom. The molecule has 0 aliphatic rings. The molecule has 0 fully saturated rings. The van der Waals surface area contributed by atoms with Crippen LogP contribution >= 0.6 is 11.6 Å². The van der Waals surface area contributed by atoms with Crippen LogP contribution in [0.1, 0.15) is 32.3 Å². The molecule has 17 heavy (non-hydrogen) atoms. The molecule has 2 nitrogen and oxygen atoms in total. The van der Waals surface area contributed by atoms with Gasteiger partial charge in [-0.1, -0.05) is 31.5 Å². The Kier molecular flexibility index (Phi) is 4.92. The lowest BCUT2D eigenvalue weighted by molar-refractivity contribution is 0.223. The number of hydrogen-bond donors (Lipinski definition) is 2. The summed E-state index contributed by atoms with van der Waals surface area (Å²) in [4.78, 5) is 0. The smallest absolute Gasteiger partial charge is 0.124 e. The normalized spacial score (nSPS) is 16.6. The van der Waals surface area contributed by atoms with E-state index in [0.717, 1.165) is 12.0 Å². The fourth-order valence-corrected chi connectivity index (χ4v) is 2.54. The first-order valence-electron chi connectivity index (χ1n) is 5.77. The van der Waals surface area contributed by atoms with Gasteiger partial charge in [0.05, 0.1) is 0 Å². The molecule has 0 heterocycles. The van der Waals surface area contributed by atoms with Crippen molar-refractivity contribution in [1.82, 2.24) is 0 Å². The number of benzene rings is 1. The van der Waals surface area contributed by atoms with Crippen LogP contribution in [-0.2, 0) is 5.41 Å². The summed E-state index contributed by atoms with van der Waals surface area (Å²) in [7, 11) is 0. The highest BCUT2D eigenvalue weighted by molar-refractivity contribution is 6.31. The molecule has 0 aliphatic carbocycles. The van der Waals surface area contributed by atoms with Gasteiger partial charge in [0.1, 0.15) is 5.82 Å². The topological polar surface area (TPSA) is 46.2 Å². The maximum absolute atomic E-state index is 13.0. The molecular weight excluding hydrogens is 241 g/mol. The van der Waals surface area contributed by atoms with E-state index in [2.05, 4.69) is 0 Å². The third-order valence-electron chi connectivity index (χ3n) is 3.44. The van der Waals surface area contributed by atoms with E-state index in [4.69, 9.17) is 17.3 Å². The van der Waals surface area contributed by atoms with Crippen LogP contribution in [0.15, 0.2) is 18.2 Å². The molecule has 2 atom stereocenters. The summed E-state index contributed by atoms with van der Waals surface area (Å²) < 4.78 is 13.0. The van der Waals surface area contributed by atoms with Gasteiger partial charge in [-0.05, 0) is 30.5 Å². The lowest BCUT2D eigenvalue weighted by Crippen LogP contribution is -2.43. The second-order valence-electron chi connectivity index (χ2n) is 4.53. The van der Waals surface area contributed by atoms with Crippen molar-refractivity contribution < 1.29 is 9.50 Å². The van der Waals surface area contributed by atoms with Gasteiger partial charge in [-0.3, -0.25) is 0 Å². The van der Waals surface area contributed by atoms with Crippen LogP contribution in [-0.4, -0.2) is 17.8 Å². The van der Waals surface area contributed by atoms with Crippen LogP contribution in [0.2, 0.25) is 5.02 Å². The standard InChI is InChI=1S/C13H19ClFNO/c1-3-12(16)13(2,6-7-17)10-5-4-9(15)8-11(10)14/h4-5,8,12,17H,3,6-7,16H2,1-2H3. The highest BCUT2D eigenvalue weighted by Gasteiger charge is 2.33. The molecule has 96 valence electrons. The summed E-state index contributed by atoms with van der Waals surface area (Å²) in [5.41, 5.74) is 6.47. The molecule has 3 N–H and O–H groups in total. The Labute approximate surface area is 107 Å². The molecule has 1 rings (SSSR count). The third kappa shape index (κ3) is 2.97. The summed E-state index contributed by atoms with van der Waals surface area (Å²) >= 11 is 6.07. The Morgan fingerprint density at radius 2 is 2.18 bits per heavy atom. The Morgan fingerprint density at radius 1 is 1.53 bits per heavy atom. The minimum Gasteiger partial charge on any atom is -0.396 e. The quantitative estimate of drug-likeness (QED) is 0.854. The minimum absolute atomic E-state index is 0.0257.